The fraction of sp³-hybridized carbons (Fsp3) is 0.333. The van der Waals surface area contributed by atoms with Crippen molar-refractivity contribution in [3.63, 3.8) is 0 Å². The highest BCUT2D eigenvalue weighted by atomic mass is 32.1. The maximum absolute atomic E-state index is 12.4. The van der Waals surface area contributed by atoms with Gasteiger partial charge in [0.25, 0.3) is 5.91 Å². The first kappa shape index (κ1) is 18.1. The molecule has 1 atom stereocenters. The summed E-state index contributed by atoms with van der Waals surface area (Å²) < 4.78 is 4.75. The number of nitrogens with zero attached hydrogens (tertiary/aromatic N) is 1. The topological polar surface area (TPSA) is 97.4 Å². The van der Waals surface area contributed by atoms with E-state index in [4.69, 9.17) is 4.74 Å². The Labute approximate surface area is 154 Å². The van der Waals surface area contributed by atoms with Crippen molar-refractivity contribution < 1.29 is 19.1 Å². The zero-order valence-corrected chi connectivity index (χ0v) is 15.5. The van der Waals surface area contributed by atoms with Crippen LogP contribution in [0.5, 0.6) is 0 Å². The molecule has 1 aromatic carbocycles. The van der Waals surface area contributed by atoms with Crippen molar-refractivity contribution in [2.45, 2.75) is 32.2 Å². The Morgan fingerprint density at radius 3 is 2.77 bits per heavy atom. The van der Waals surface area contributed by atoms with Crippen LogP contribution in [-0.2, 0) is 9.53 Å². The van der Waals surface area contributed by atoms with E-state index in [2.05, 4.69) is 15.6 Å². The number of hydrogen-bond acceptors (Lipinski definition) is 6. The minimum absolute atomic E-state index is 0.0771. The second kappa shape index (κ2) is 7.25. The molecule has 2 aromatic rings. The van der Waals surface area contributed by atoms with Gasteiger partial charge in [0.1, 0.15) is 0 Å². The summed E-state index contributed by atoms with van der Waals surface area (Å²) in [6.45, 7) is 3.88. The van der Waals surface area contributed by atoms with E-state index in [-0.39, 0.29) is 35.9 Å². The quantitative estimate of drug-likeness (QED) is 0.786. The highest BCUT2D eigenvalue weighted by Gasteiger charge is 2.30. The van der Waals surface area contributed by atoms with Gasteiger partial charge in [0.05, 0.1) is 19.6 Å². The van der Waals surface area contributed by atoms with Crippen LogP contribution < -0.4 is 10.6 Å². The molecule has 0 aliphatic carbocycles. The van der Waals surface area contributed by atoms with Crippen LogP contribution >= 0.6 is 11.3 Å². The molecular formula is C18H19N3O4S. The number of aromatic nitrogens is 1. The number of benzene rings is 1. The maximum atomic E-state index is 12.4. The predicted octanol–water partition coefficient (Wildman–Crippen LogP) is 2.87. The molecule has 0 fully saturated rings. The molecule has 0 spiro atoms. The van der Waals surface area contributed by atoms with Crippen molar-refractivity contribution in [3.05, 3.63) is 46.0 Å². The van der Waals surface area contributed by atoms with Gasteiger partial charge in [-0.25, -0.2) is 9.78 Å². The first-order valence-corrected chi connectivity index (χ1v) is 9.01. The molecule has 0 saturated carbocycles. The number of fused-ring (bicyclic) bond motifs is 1. The zero-order chi connectivity index (χ0) is 18.8. The highest BCUT2D eigenvalue weighted by Crippen LogP contribution is 2.31. The predicted molar refractivity (Wildman–Crippen MR) is 97.4 cm³/mol. The third-order valence-corrected chi connectivity index (χ3v) is 5.35. The van der Waals surface area contributed by atoms with E-state index in [0.717, 1.165) is 10.4 Å². The number of nitrogens with one attached hydrogen (secondary N) is 2. The van der Waals surface area contributed by atoms with Gasteiger partial charge in [0.15, 0.2) is 10.8 Å². The van der Waals surface area contributed by atoms with Gasteiger partial charge < -0.3 is 15.4 Å². The monoisotopic (exact) mass is 373 g/mol. The summed E-state index contributed by atoms with van der Waals surface area (Å²) in [4.78, 5) is 41.2. The van der Waals surface area contributed by atoms with Gasteiger partial charge in [0.2, 0.25) is 5.91 Å². The number of esters is 1. The van der Waals surface area contributed by atoms with Crippen LogP contribution in [0.25, 0.3) is 0 Å². The van der Waals surface area contributed by atoms with Gasteiger partial charge in [-0.15, -0.1) is 11.3 Å². The average Bonchev–Trinajstić information content (AvgIpc) is 3.17. The van der Waals surface area contributed by atoms with E-state index in [1.54, 1.807) is 12.1 Å². The van der Waals surface area contributed by atoms with Crippen molar-refractivity contribution in [1.29, 1.82) is 0 Å². The number of thiazole rings is 1. The summed E-state index contributed by atoms with van der Waals surface area (Å²) in [5, 5.41) is 5.87. The van der Waals surface area contributed by atoms with Gasteiger partial charge >= 0.3 is 5.97 Å². The number of rotatable bonds is 5. The van der Waals surface area contributed by atoms with E-state index in [0.29, 0.717) is 10.7 Å². The molecule has 2 amide bonds. The summed E-state index contributed by atoms with van der Waals surface area (Å²) in [6, 6.07) is 6.82. The average molecular weight is 373 g/mol. The smallest absolute Gasteiger partial charge is 0.357 e. The molecule has 7 nitrogen and oxygen atoms in total. The Morgan fingerprint density at radius 2 is 2.08 bits per heavy atom. The van der Waals surface area contributed by atoms with Crippen LogP contribution in [-0.4, -0.2) is 29.9 Å². The standard InChI is InChI=1S/C18H19N3O4S/c1-9(2)15-14(17(24)25-3)21-18(26-15)20-13(22)8-12-10-6-4-5-7-11(10)16(23)19-12/h4-7,9,12H,8H2,1-3H3,(H,19,23)(H,20,21,22). The van der Waals surface area contributed by atoms with Crippen LogP contribution in [0.4, 0.5) is 5.13 Å². The number of carbonyl (C=O) groups is 3. The minimum atomic E-state index is -0.526. The Hall–Kier alpha value is -2.74. The Bertz CT molecular complexity index is 875. The normalized spacial score (nSPS) is 15.5. The molecule has 0 saturated heterocycles. The lowest BCUT2D eigenvalue weighted by molar-refractivity contribution is -0.116. The molecule has 1 aliphatic heterocycles. The maximum Gasteiger partial charge on any atom is 0.357 e. The summed E-state index contributed by atoms with van der Waals surface area (Å²) in [6.07, 6.45) is 0.0902. The molecule has 136 valence electrons. The summed E-state index contributed by atoms with van der Waals surface area (Å²) in [5.74, 6) is -0.911. The van der Waals surface area contributed by atoms with Crippen LogP contribution in [0, 0.1) is 0 Å². The van der Waals surface area contributed by atoms with Gasteiger partial charge in [-0.2, -0.15) is 0 Å². The molecule has 3 rings (SSSR count). The molecule has 0 bridgehead atoms. The largest absolute Gasteiger partial charge is 0.464 e. The van der Waals surface area contributed by atoms with Crippen molar-refractivity contribution in [2.75, 3.05) is 12.4 Å². The van der Waals surface area contributed by atoms with E-state index in [9.17, 15) is 14.4 Å². The molecular weight excluding hydrogens is 354 g/mol. The number of anilines is 1. The van der Waals surface area contributed by atoms with Crippen LogP contribution in [0.2, 0.25) is 0 Å². The van der Waals surface area contributed by atoms with E-state index >= 15 is 0 Å². The second-order valence-corrected chi connectivity index (χ2v) is 7.27. The molecule has 1 aromatic heterocycles. The first-order chi connectivity index (χ1) is 12.4. The van der Waals surface area contributed by atoms with Crippen LogP contribution in [0.15, 0.2) is 24.3 Å². The number of amides is 2. The van der Waals surface area contributed by atoms with Crippen molar-refractivity contribution >= 4 is 34.3 Å². The summed E-state index contributed by atoms with van der Waals surface area (Å²) >= 11 is 1.25. The fourth-order valence-electron chi connectivity index (χ4n) is 2.86. The van der Waals surface area contributed by atoms with Crippen molar-refractivity contribution in [1.82, 2.24) is 10.3 Å². The van der Waals surface area contributed by atoms with Crippen LogP contribution in [0.3, 0.4) is 0 Å². The lowest BCUT2D eigenvalue weighted by Crippen LogP contribution is -2.24. The fourth-order valence-corrected chi connectivity index (χ4v) is 3.83. The number of methoxy groups -OCH3 is 1. The summed E-state index contributed by atoms with van der Waals surface area (Å²) in [5.41, 5.74) is 1.63. The molecule has 2 heterocycles. The lowest BCUT2D eigenvalue weighted by Gasteiger charge is -2.10. The van der Waals surface area contributed by atoms with Gasteiger partial charge in [0, 0.05) is 10.4 Å². The molecule has 2 N–H and O–H groups in total. The Morgan fingerprint density at radius 1 is 1.35 bits per heavy atom. The van der Waals surface area contributed by atoms with Crippen LogP contribution in [0.1, 0.15) is 63.5 Å². The first-order valence-electron chi connectivity index (χ1n) is 8.19. The molecule has 8 heteroatoms. The lowest BCUT2D eigenvalue weighted by atomic mass is 10.0. The van der Waals surface area contributed by atoms with Gasteiger partial charge in [-0.1, -0.05) is 32.0 Å². The van der Waals surface area contributed by atoms with Gasteiger partial charge in [-0.05, 0) is 17.5 Å². The number of ether oxygens (including phenoxy) is 1. The summed E-state index contributed by atoms with van der Waals surface area (Å²) in [7, 11) is 1.30. The van der Waals surface area contributed by atoms with E-state index in [1.807, 2.05) is 26.0 Å². The SMILES string of the molecule is COC(=O)c1nc(NC(=O)CC2NC(=O)c3ccccc32)sc1C(C)C. The van der Waals surface area contributed by atoms with Gasteiger partial charge in [-0.3, -0.25) is 9.59 Å². The Balaban J connectivity index is 1.73. The van der Waals surface area contributed by atoms with Crippen molar-refractivity contribution in [2.24, 2.45) is 0 Å². The zero-order valence-electron chi connectivity index (χ0n) is 14.7. The molecule has 1 aliphatic rings. The molecule has 1 unspecified atom stereocenters. The van der Waals surface area contributed by atoms with E-state index in [1.165, 1.54) is 18.4 Å². The third kappa shape index (κ3) is 3.45. The van der Waals surface area contributed by atoms with Crippen molar-refractivity contribution in [3.8, 4) is 0 Å². The number of hydrogen-bond donors (Lipinski definition) is 2. The third-order valence-electron chi connectivity index (χ3n) is 4.08. The second-order valence-electron chi connectivity index (χ2n) is 6.24. The Kier molecular flexibility index (Phi) is 5.03. The van der Waals surface area contributed by atoms with E-state index < -0.39 is 5.97 Å². The molecule has 26 heavy (non-hydrogen) atoms. The minimum Gasteiger partial charge on any atom is -0.464 e. The highest BCUT2D eigenvalue weighted by molar-refractivity contribution is 7.16. The number of carbonyl (C=O) groups excluding carboxylic acids is 3. The molecule has 0 radical (unpaired) electrons.